The van der Waals surface area contributed by atoms with Gasteiger partial charge in [0.25, 0.3) is 0 Å². The molecule has 2 aromatic carbocycles. The third kappa shape index (κ3) is 4.30. The second kappa shape index (κ2) is 8.38. The molecule has 4 rings (SSSR count). The fourth-order valence-corrected chi connectivity index (χ4v) is 3.79. The van der Waals surface area contributed by atoms with Gasteiger partial charge < -0.3 is 9.42 Å². The summed E-state index contributed by atoms with van der Waals surface area (Å²) in [6.07, 6.45) is 3.94. The van der Waals surface area contributed by atoms with Crippen molar-refractivity contribution >= 4 is 5.91 Å². The van der Waals surface area contributed by atoms with Gasteiger partial charge in [-0.15, -0.1) is 0 Å². The van der Waals surface area contributed by atoms with Gasteiger partial charge in [-0.05, 0) is 31.7 Å². The second-order valence-electron chi connectivity index (χ2n) is 7.45. The summed E-state index contributed by atoms with van der Waals surface area (Å²) < 4.78 is 5.33. The molecule has 0 spiro atoms. The van der Waals surface area contributed by atoms with Crippen LogP contribution in [0.3, 0.4) is 0 Å². The highest BCUT2D eigenvalue weighted by Gasteiger charge is 2.28. The molecular weight excluding hydrogens is 350 g/mol. The number of aromatic nitrogens is 2. The van der Waals surface area contributed by atoms with Gasteiger partial charge in [-0.25, -0.2) is 0 Å². The van der Waals surface area contributed by atoms with E-state index in [-0.39, 0.29) is 11.9 Å². The number of hydrogen-bond acceptors (Lipinski definition) is 4. The first kappa shape index (κ1) is 18.4. The number of benzene rings is 2. The highest BCUT2D eigenvalue weighted by atomic mass is 16.5. The van der Waals surface area contributed by atoms with Crippen molar-refractivity contribution in [3.63, 3.8) is 0 Å². The van der Waals surface area contributed by atoms with E-state index in [0.29, 0.717) is 24.6 Å². The van der Waals surface area contributed by atoms with Crippen molar-refractivity contribution in [3.05, 3.63) is 71.6 Å². The van der Waals surface area contributed by atoms with Crippen LogP contribution in [0, 0.1) is 6.92 Å². The predicted molar refractivity (Wildman–Crippen MR) is 108 cm³/mol. The minimum absolute atomic E-state index is 0.175. The molecule has 5 nitrogen and oxygen atoms in total. The van der Waals surface area contributed by atoms with Crippen molar-refractivity contribution in [1.29, 1.82) is 0 Å². The van der Waals surface area contributed by atoms with Gasteiger partial charge in [0.05, 0.1) is 0 Å². The zero-order valence-corrected chi connectivity index (χ0v) is 16.2. The maximum Gasteiger partial charge on any atom is 0.227 e. The largest absolute Gasteiger partial charge is 0.339 e. The lowest BCUT2D eigenvalue weighted by molar-refractivity contribution is -0.132. The van der Waals surface area contributed by atoms with E-state index in [9.17, 15) is 4.79 Å². The Morgan fingerprint density at radius 1 is 1.14 bits per heavy atom. The first-order valence-corrected chi connectivity index (χ1v) is 9.92. The summed E-state index contributed by atoms with van der Waals surface area (Å²) in [6.45, 7) is 2.93. The van der Waals surface area contributed by atoms with Gasteiger partial charge in [0.1, 0.15) is 0 Å². The zero-order valence-electron chi connectivity index (χ0n) is 16.2. The first-order valence-electron chi connectivity index (χ1n) is 9.92. The van der Waals surface area contributed by atoms with E-state index in [1.165, 1.54) is 11.1 Å². The Morgan fingerprint density at radius 2 is 1.93 bits per heavy atom. The van der Waals surface area contributed by atoms with E-state index < -0.39 is 0 Å². The monoisotopic (exact) mass is 375 g/mol. The fraction of sp³-hybridized carbons (Fsp3) is 0.348. The van der Waals surface area contributed by atoms with Crippen molar-refractivity contribution in [2.75, 3.05) is 6.54 Å². The Bertz CT molecular complexity index is 919. The lowest BCUT2D eigenvalue weighted by Crippen LogP contribution is -2.36. The summed E-state index contributed by atoms with van der Waals surface area (Å²) in [5.74, 6) is 1.26. The van der Waals surface area contributed by atoms with Crippen molar-refractivity contribution in [2.45, 2.75) is 45.1 Å². The molecule has 0 saturated carbocycles. The summed E-state index contributed by atoms with van der Waals surface area (Å²) in [7, 11) is 0. The molecule has 1 unspecified atom stereocenters. The summed E-state index contributed by atoms with van der Waals surface area (Å²) in [6, 6.07) is 18.6. The Morgan fingerprint density at radius 3 is 2.71 bits per heavy atom. The van der Waals surface area contributed by atoms with E-state index >= 15 is 0 Å². The van der Waals surface area contributed by atoms with Crippen LogP contribution in [0.4, 0.5) is 0 Å². The van der Waals surface area contributed by atoms with E-state index in [1.54, 1.807) is 0 Å². The van der Waals surface area contributed by atoms with Gasteiger partial charge in [-0.1, -0.05) is 65.3 Å². The minimum Gasteiger partial charge on any atom is -0.339 e. The number of carbonyl (C=O) groups excluding carboxylic acids is 1. The molecule has 0 radical (unpaired) electrons. The van der Waals surface area contributed by atoms with Crippen molar-refractivity contribution in [1.82, 2.24) is 15.0 Å². The van der Waals surface area contributed by atoms with Crippen molar-refractivity contribution < 1.29 is 9.32 Å². The number of amides is 1. The fourth-order valence-electron chi connectivity index (χ4n) is 3.79. The molecule has 2 heterocycles. The van der Waals surface area contributed by atoms with Crippen LogP contribution in [0.5, 0.6) is 0 Å². The molecule has 1 fully saturated rings. The topological polar surface area (TPSA) is 59.2 Å². The van der Waals surface area contributed by atoms with E-state index in [4.69, 9.17) is 4.52 Å². The van der Waals surface area contributed by atoms with E-state index in [0.717, 1.165) is 31.4 Å². The molecule has 1 saturated heterocycles. The lowest BCUT2D eigenvalue weighted by Gasteiger charge is -2.25. The van der Waals surface area contributed by atoms with Gasteiger partial charge in [0, 0.05) is 31.0 Å². The van der Waals surface area contributed by atoms with E-state index in [2.05, 4.69) is 41.3 Å². The van der Waals surface area contributed by atoms with Crippen molar-refractivity contribution in [2.24, 2.45) is 0 Å². The third-order valence-corrected chi connectivity index (χ3v) is 5.34. The minimum atomic E-state index is 0.175. The maximum absolute atomic E-state index is 12.8. The molecule has 0 N–H and O–H groups in total. The Labute approximate surface area is 165 Å². The quantitative estimate of drug-likeness (QED) is 0.647. The van der Waals surface area contributed by atoms with Crippen LogP contribution in [0.15, 0.2) is 59.1 Å². The molecule has 5 heteroatoms. The molecule has 1 aliphatic heterocycles. The molecule has 0 aliphatic carbocycles. The van der Waals surface area contributed by atoms with Crippen molar-refractivity contribution in [3.8, 4) is 11.4 Å². The zero-order chi connectivity index (χ0) is 19.3. The number of carbonyl (C=O) groups is 1. The summed E-state index contributed by atoms with van der Waals surface area (Å²) >= 11 is 0. The molecular formula is C23H25N3O2. The average molecular weight is 375 g/mol. The molecule has 1 atom stereocenters. The second-order valence-corrected chi connectivity index (χ2v) is 7.45. The summed E-state index contributed by atoms with van der Waals surface area (Å²) in [5, 5.41) is 4.03. The maximum atomic E-state index is 12.8. The van der Waals surface area contributed by atoms with Crippen LogP contribution in [0.2, 0.25) is 0 Å². The van der Waals surface area contributed by atoms with Gasteiger partial charge >= 0.3 is 0 Å². The number of nitrogens with zero attached hydrogens (tertiary/aromatic N) is 3. The lowest BCUT2D eigenvalue weighted by atomic mass is 10.0. The number of rotatable bonds is 6. The van der Waals surface area contributed by atoms with Gasteiger partial charge in [-0.2, -0.15) is 4.98 Å². The predicted octanol–water partition coefficient (Wildman–Crippen LogP) is 4.21. The van der Waals surface area contributed by atoms with Crippen LogP contribution in [-0.4, -0.2) is 33.5 Å². The van der Waals surface area contributed by atoms with Crippen LogP contribution < -0.4 is 0 Å². The molecule has 0 bridgehead atoms. The average Bonchev–Trinajstić information content (AvgIpc) is 3.38. The number of likely N-dealkylation sites (tertiary alicyclic amines) is 1. The molecule has 144 valence electrons. The van der Waals surface area contributed by atoms with E-state index in [1.807, 2.05) is 35.2 Å². The Balaban J connectivity index is 1.34. The molecule has 1 aromatic heterocycles. The molecule has 3 aromatic rings. The smallest absolute Gasteiger partial charge is 0.227 e. The van der Waals surface area contributed by atoms with Gasteiger partial charge in [0.2, 0.25) is 17.6 Å². The Kier molecular flexibility index (Phi) is 5.51. The highest BCUT2D eigenvalue weighted by Crippen LogP contribution is 2.23. The number of hydrogen-bond donors (Lipinski definition) is 0. The summed E-state index contributed by atoms with van der Waals surface area (Å²) in [5.41, 5.74) is 3.47. The van der Waals surface area contributed by atoms with Crippen LogP contribution in [0.1, 0.15) is 36.3 Å². The standard InChI is InChI=1S/C23H25N3O2/c1-17-9-11-18(12-10-17)16-20-8-5-15-26(20)22(27)14-13-21-24-23(25-28-21)19-6-3-2-4-7-19/h2-4,6-7,9-12,20H,5,8,13-16H2,1H3. The third-order valence-electron chi connectivity index (χ3n) is 5.34. The normalized spacial score (nSPS) is 16.5. The molecule has 1 amide bonds. The first-order chi connectivity index (χ1) is 13.7. The SMILES string of the molecule is Cc1ccc(CC2CCCN2C(=O)CCc2nc(-c3ccccc3)no2)cc1. The van der Waals surface area contributed by atoms with Gasteiger partial charge in [0.15, 0.2) is 0 Å². The molecule has 1 aliphatic rings. The van der Waals surface area contributed by atoms with Crippen LogP contribution in [0.25, 0.3) is 11.4 Å². The highest BCUT2D eigenvalue weighted by molar-refractivity contribution is 5.77. The Hall–Kier alpha value is -2.95. The van der Waals surface area contributed by atoms with Crippen LogP contribution in [-0.2, 0) is 17.6 Å². The summed E-state index contributed by atoms with van der Waals surface area (Å²) in [4.78, 5) is 19.2. The van der Waals surface area contributed by atoms with Crippen LogP contribution >= 0.6 is 0 Å². The molecule has 28 heavy (non-hydrogen) atoms. The number of aryl methyl sites for hydroxylation is 2. The van der Waals surface area contributed by atoms with Gasteiger partial charge in [-0.3, -0.25) is 4.79 Å².